The summed E-state index contributed by atoms with van der Waals surface area (Å²) < 4.78 is 39.4. The topological polar surface area (TPSA) is 15.3 Å². The van der Waals surface area contributed by atoms with Crippen molar-refractivity contribution in [2.75, 3.05) is 19.6 Å². The van der Waals surface area contributed by atoms with Crippen molar-refractivity contribution in [2.24, 2.45) is 0 Å². The van der Waals surface area contributed by atoms with Crippen molar-refractivity contribution in [1.82, 2.24) is 10.2 Å². The van der Waals surface area contributed by atoms with Crippen LogP contribution in [-0.2, 0) is 6.18 Å². The second-order valence-corrected chi connectivity index (χ2v) is 5.31. The average Bonchev–Trinajstić information content (AvgIpc) is 2.34. The fraction of sp³-hybridized carbons (Fsp3) is 0.600. The number of halogens is 3. The van der Waals surface area contributed by atoms with E-state index in [0.29, 0.717) is 11.6 Å². The standard InChI is InChI=1S/C15H21F3N2/c1-3-8-20(12-9-19-10-12)11(2)13-6-4-5-7-14(13)15(16,17)18/h4-7,11-12,19H,3,8-10H2,1-2H3. The number of benzene rings is 1. The summed E-state index contributed by atoms with van der Waals surface area (Å²) in [5, 5.41) is 3.19. The predicted octanol–water partition coefficient (Wildman–Crippen LogP) is 3.45. The molecule has 0 radical (unpaired) electrons. The molecule has 20 heavy (non-hydrogen) atoms. The van der Waals surface area contributed by atoms with Gasteiger partial charge in [-0.1, -0.05) is 25.1 Å². The third-order valence-electron chi connectivity index (χ3n) is 3.92. The summed E-state index contributed by atoms with van der Waals surface area (Å²) in [6, 6.07) is 6.03. The Labute approximate surface area is 118 Å². The summed E-state index contributed by atoms with van der Waals surface area (Å²) in [6.45, 7) is 6.47. The molecule has 112 valence electrons. The molecule has 0 bridgehead atoms. The summed E-state index contributed by atoms with van der Waals surface area (Å²) in [4.78, 5) is 2.18. The largest absolute Gasteiger partial charge is 0.416 e. The molecular weight excluding hydrogens is 265 g/mol. The van der Waals surface area contributed by atoms with Crippen molar-refractivity contribution in [3.05, 3.63) is 35.4 Å². The summed E-state index contributed by atoms with van der Waals surface area (Å²) in [5.41, 5.74) is -0.138. The van der Waals surface area contributed by atoms with Gasteiger partial charge in [-0.25, -0.2) is 0 Å². The van der Waals surface area contributed by atoms with Gasteiger partial charge in [-0.3, -0.25) is 4.90 Å². The van der Waals surface area contributed by atoms with Crippen LogP contribution < -0.4 is 5.32 Å². The van der Waals surface area contributed by atoms with Crippen LogP contribution in [0.25, 0.3) is 0 Å². The zero-order valence-corrected chi connectivity index (χ0v) is 11.9. The third kappa shape index (κ3) is 3.15. The quantitative estimate of drug-likeness (QED) is 0.892. The first kappa shape index (κ1) is 15.3. The molecule has 0 aromatic heterocycles. The molecule has 0 spiro atoms. The Kier molecular flexibility index (Phi) is 4.70. The van der Waals surface area contributed by atoms with Crippen molar-refractivity contribution in [1.29, 1.82) is 0 Å². The Bertz CT molecular complexity index is 441. The van der Waals surface area contributed by atoms with Gasteiger partial charge in [-0.05, 0) is 31.5 Å². The van der Waals surface area contributed by atoms with Crippen LogP contribution in [0.1, 0.15) is 37.4 Å². The first-order valence-electron chi connectivity index (χ1n) is 7.07. The fourth-order valence-electron chi connectivity index (χ4n) is 2.76. The summed E-state index contributed by atoms with van der Waals surface area (Å²) in [5.74, 6) is 0. The van der Waals surface area contributed by atoms with Crippen LogP contribution in [0.15, 0.2) is 24.3 Å². The number of nitrogens with one attached hydrogen (secondary N) is 1. The van der Waals surface area contributed by atoms with Crippen LogP contribution in [0.3, 0.4) is 0 Å². The van der Waals surface area contributed by atoms with Crippen molar-refractivity contribution < 1.29 is 13.2 Å². The van der Waals surface area contributed by atoms with Crippen molar-refractivity contribution >= 4 is 0 Å². The van der Waals surface area contributed by atoms with Crippen LogP contribution in [0.5, 0.6) is 0 Å². The van der Waals surface area contributed by atoms with Gasteiger partial charge >= 0.3 is 6.18 Å². The molecule has 0 saturated carbocycles. The van der Waals surface area contributed by atoms with Crippen LogP contribution in [0.4, 0.5) is 13.2 Å². The first-order valence-corrected chi connectivity index (χ1v) is 7.07. The second kappa shape index (κ2) is 6.14. The van der Waals surface area contributed by atoms with E-state index in [2.05, 4.69) is 17.1 Å². The van der Waals surface area contributed by atoms with Crippen LogP contribution >= 0.6 is 0 Å². The average molecular weight is 286 g/mol. The molecule has 1 aromatic carbocycles. The van der Waals surface area contributed by atoms with Crippen molar-refractivity contribution in [3.63, 3.8) is 0 Å². The lowest BCUT2D eigenvalue weighted by Crippen LogP contribution is -2.57. The van der Waals surface area contributed by atoms with E-state index >= 15 is 0 Å². The number of hydrogen-bond donors (Lipinski definition) is 1. The van der Waals surface area contributed by atoms with E-state index in [1.54, 1.807) is 12.1 Å². The van der Waals surface area contributed by atoms with E-state index in [0.717, 1.165) is 26.1 Å². The fourth-order valence-corrected chi connectivity index (χ4v) is 2.76. The van der Waals surface area contributed by atoms with Gasteiger partial charge in [-0.15, -0.1) is 0 Å². The van der Waals surface area contributed by atoms with Crippen LogP contribution in [0.2, 0.25) is 0 Å². The van der Waals surface area contributed by atoms with Crippen LogP contribution in [-0.4, -0.2) is 30.6 Å². The zero-order chi connectivity index (χ0) is 14.8. The van der Waals surface area contributed by atoms with E-state index in [4.69, 9.17) is 0 Å². The van der Waals surface area contributed by atoms with Gasteiger partial charge < -0.3 is 5.32 Å². The second-order valence-electron chi connectivity index (χ2n) is 5.31. The number of alkyl halides is 3. The molecule has 1 heterocycles. The predicted molar refractivity (Wildman–Crippen MR) is 73.5 cm³/mol. The van der Waals surface area contributed by atoms with E-state index in [-0.39, 0.29) is 6.04 Å². The highest BCUT2D eigenvalue weighted by Crippen LogP contribution is 2.36. The lowest BCUT2D eigenvalue weighted by atomic mass is 9.97. The molecule has 1 fully saturated rings. The minimum atomic E-state index is -4.29. The monoisotopic (exact) mass is 286 g/mol. The molecule has 1 aliphatic heterocycles. The van der Waals surface area contributed by atoms with Gasteiger partial charge in [0.05, 0.1) is 5.56 Å². The molecule has 1 aromatic rings. The van der Waals surface area contributed by atoms with Crippen LogP contribution in [0, 0.1) is 0 Å². The number of rotatable bonds is 5. The molecule has 5 heteroatoms. The Morgan fingerprint density at radius 3 is 2.45 bits per heavy atom. The van der Waals surface area contributed by atoms with Gasteiger partial charge in [0.1, 0.15) is 0 Å². The van der Waals surface area contributed by atoms with E-state index in [1.807, 2.05) is 6.92 Å². The Balaban J connectivity index is 2.28. The Morgan fingerprint density at radius 2 is 1.95 bits per heavy atom. The Morgan fingerprint density at radius 1 is 1.30 bits per heavy atom. The van der Waals surface area contributed by atoms with Gasteiger partial charge in [0, 0.05) is 25.2 Å². The summed E-state index contributed by atoms with van der Waals surface area (Å²) >= 11 is 0. The molecule has 1 N–H and O–H groups in total. The maximum Gasteiger partial charge on any atom is 0.416 e. The normalized spacial score (nSPS) is 18.1. The maximum absolute atomic E-state index is 13.1. The number of hydrogen-bond acceptors (Lipinski definition) is 2. The molecule has 1 aliphatic rings. The van der Waals surface area contributed by atoms with E-state index in [9.17, 15) is 13.2 Å². The first-order chi connectivity index (χ1) is 9.45. The molecule has 1 saturated heterocycles. The molecule has 1 atom stereocenters. The molecule has 1 unspecified atom stereocenters. The zero-order valence-electron chi connectivity index (χ0n) is 11.9. The summed E-state index contributed by atoms with van der Waals surface area (Å²) in [6.07, 6.45) is -3.35. The molecule has 0 amide bonds. The van der Waals surface area contributed by atoms with E-state index < -0.39 is 11.7 Å². The van der Waals surface area contributed by atoms with Gasteiger partial charge in [0.15, 0.2) is 0 Å². The highest BCUT2D eigenvalue weighted by Gasteiger charge is 2.36. The minimum absolute atomic E-state index is 0.222. The van der Waals surface area contributed by atoms with E-state index in [1.165, 1.54) is 12.1 Å². The SMILES string of the molecule is CCCN(C1CNC1)C(C)c1ccccc1C(F)(F)F. The molecule has 2 rings (SSSR count). The molecule has 0 aliphatic carbocycles. The van der Waals surface area contributed by atoms with Gasteiger partial charge in [-0.2, -0.15) is 13.2 Å². The van der Waals surface area contributed by atoms with Gasteiger partial charge in [0.2, 0.25) is 0 Å². The highest BCUT2D eigenvalue weighted by atomic mass is 19.4. The third-order valence-corrected chi connectivity index (χ3v) is 3.92. The minimum Gasteiger partial charge on any atom is -0.314 e. The summed E-state index contributed by atoms with van der Waals surface area (Å²) in [7, 11) is 0. The van der Waals surface area contributed by atoms with Crippen molar-refractivity contribution in [2.45, 2.75) is 38.5 Å². The Hall–Kier alpha value is -1.07. The molecule has 2 nitrogen and oxygen atoms in total. The van der Waals surface area contributed by atoms with Crippen molar-refractivity contribution in [3.8, 4) is 0 Å². The number of nitrogens with zero attached hydrogens (tertiary/aromatic N) is 1. The molecular formula is C15H21F3N2. The smallest absolute Gasteiger partial charge is 0.314 e. The lowest BCUT2D eigenvalue weighted by molar-refractivity contribution is -0.138. The lowest BCUT2D eigenvalue weighted by Gasteiger charge is -2.42. The highest BCUT2D eigenvalue weighted by molar-refractivity contribution is 5.32. The van der Waals surface area contributed by atoms with Gasteiger partial charge in [0.25, 0.3) is 0 Å². The maximum atomic E-state index is 13.1.